The number of amides is 1. The van der Waals surface area contributed by atoms with Crippen LogP contribution >= 0.6 is 0 Å². The maximum atomic E-state index is 13.2. The van der Waals surface area contributed by atoms with Gasteiger partial charge in [0.05, 0.1) is 19.0 Å². The van der Waals surface area contributed by atoms with E-state index in [1.54, 1.807) is 12.1 Å². The van der Waals surface area contributed by atoms with Crippen LogP contribution < -0.4 is 15.8 Å². The number of pyridine rings is 1. The fraction of sp³-hybridized carbons (Fsp3) is 0.0769. The minimum Gasteiger partial charge on any atom is -0.494 e. The van der Waals surface area contributed by atoms with Crippen LogP contribution in [0.25, 0.3) is 0 Å². The lowest BCUT2D eigenvalue weighted by Crippen LogP contribution is -2.13. The number of nitrogens with zero attached hydrogens (tertiary/aromatic N) is 1. The summed E-state index contributed by atoms with van der Waals surface area (Å²) in [5.41, 5.74) is 6.27. The van der Waals surface area contributed by atoms with E-state index in [9.17, 15) is 9.18 Å². The highest BCUT2D eigenvalue weighted by Gasteiger charge is 2.10. The van der Waals surface area contributed by atoms with Gasteiger partial charge in [0.1, 0.15) is 5.82 Å². The summed E-state index contributed by atoms with van der Waals surface area (Å²) in [5, 5.41) is 2.57. The van der Waals surface area contributed by atoms with Crippen LogP contribution in [0.3, 0.4) is 0 Å². The van der Waals surface area contributed by atoms with Gasteiger partial charge in [0.2, 0.25) is 0 Å². The van der Waals surface area contributed by atoms with Crippen molar-refractivity contribution in [2.24, 2.45) is 0 Å². The Morgan fingerprint density at radius 2 is 2.16 bits per heavy atom. The van der Waals surface area contributed by atoms with Crippen LogP contribution in [-0.2, 0) is 0 Å². The summed E-state index contributed by atoms with van der Waals surface area (Å²) < 4.78 is 18.0. The summed E-state index contributed by atoms with van der Waals surface area (Å²) in [6.45, 7) is 0. The smallest absolute Gasteiger partial charge is 0.256 e. The minimum atomic E-state index is -0.523. The number of hydrogen-bond acceptors (Lipinski definition) is 4. The number of benzene rings is 1. The zero-order valence-corrected chi connectivity index (χ0v) is 10.2. The number of nitrogens with one attached hydrogen (secondary N) is 1. The Labute approximate surface area is 109 Å². The fourth-order valence-electron chi connectivity index (χ4n) is 1.47. The summed E-state index contributed by atoms with van der Waals surface area (Å²) in [6, 6.07) is 7.05. The molecule has 3 N–H and O–H groups in total. The molecule has 0 fully saturated rings. The van der Waals surface area contributed by atoms with Crippen molar-refractivity contribution >= 4 is 17.4 Å². The van der Waals surface area contributed by atoms with Crippen molar-refractivity contribution in [2.45, 2.75) is 0 Å². The topological polar surface area (TPSA) is 77.2 Å². The lowest BCUT2D eigenvalue weighted by atomic mass is 10.2. The monoisotopic (exact) mass is 261 g/mol. The molecule has 2 aromatic rings. The number of carbonyl (C=O) groups excluding carboxylic acids is 1. The molecule has 19 heavy (non-hydrogen) atoms. The van der Waals surface area contributed by atoms with E-state index in [0.29, 0.717) is 11.5 Å². The molecule has 1 aromatic heterocycles. The molecule has 5 nitrogen and oxygen atoms in total. The first-order valence-corrected chi connectivity index (χ1v) is 5.46. The van der Waals surface area contributed by atoms with Gasteiger partial charge in [0, 0.05) is 5.56 Å². The average molecular weight is 261 g/mol. The first-order chi connectivity index (χ1) is 9.10. The third-order valence-corrected chi connectivity index (χ3v) is 2.44. The van der Waals surface area contributed by atoms with Crippen molar-refractivity contribution in [3.63, 3.8) is 0 Å². The number of hydrogen-bond donors (Lipinski definition) is 2. The fourth-order valence-corrected chi connectivity index (χ4v) is 1.47. The SMILES string of the molecule is COc1cc(C(=O)Nc2ccc(N)cn2)ccc1F. The van der Waals surface area contributed by atoms with Crippen LogP contribution in [0, 0.1) is 5.82 Å². The number of aromatic nitrogens is 1. The largest absolute Gasteiger partial charge is 0.494 e. The van der Waals surface area contributed by atoms with Gasteiger partial charge < -0.3 is 15.8 Å². The van der Waals surface area contributed by atoms with Gasteiger partial charge in [0.25, 0.3) is 5.91 Å². The van der Waals surface area contributed by atoms with Crippen molar-refractivity contribution in [3.05, 3.63) is 47.9 Å². The molecule has 0 aliphatic rings. The molecule has 0 bridgehead atoms. The van der Waals surface area contributed by atoms with Gasteiger partial charge in [-0.25, -0.2) is 9.37 Å². The number of nitrogens with two attached hydrogens (primary N) is 1. The van der Waals surface area contributed by atoms with E-state index < -0.39 is 11.7 Å². The van der Waals surface area contributed by atoms with Crippen molar-refractivity contribution in [2.75, 3.05) is 18.2 Å². The Bertz CT molecular complexity index is 599. The van der Waals surface area contributed by atoms with E-state index in [0.717, 1.165) is 0 Å². The number of halogens is 1. The second-order valence-corrected chi connectivity index (χ2v) is 3.78. The van der Waals surface area contributed by atoms with Gasteiger partial charge in [-0.05, 0) is 30.3 Å². The predicted octanol–water partition coefficient (Wildman–Crippen LogP) is 2.06. The van der Waals surface area contributed by atoms with E-state index in [1.165, 1.54) is 31.5 Å². The highest BCUT2D eigenvalue weighted by atomic mass is 19.1. The summed E-state index contributed by atoms with van der Waals surface area (Å²) in [5.74, 6) is -0.555. The molecular formula is C13H12FN3O2. The van der Waals surface area contributed by atoms with Crippen molar-refractivity contribution in [1.29, 1.82) is 0 Å². The number of rotatable bonds is 3. The second-order valence-electron chi connectivity index (χ2n) is 3.78. The first kappa shape index (κ1) is 12.8. The summed E-state index contributed by atoms with van der Waals surface area (Å²) in [4.78, 5) is 15.9. The molecule has 1 amide bonds. The molecule has 0 aliphatic heterocycles. The van der Waals surface area contributed by atoms with Gasteiger partial charge in [-0.1, -0.05) is 0 Å². The molecule has 0 unspecified atom stereocenters. The molecular weight excluding hydrogens is 249 g/mol. The predicted molar refractivity (Wildman–Crippen MR) is 69.6 cm³/mol. The van der Waals surface area contributed by atoms with Crippen LogP contribution in [0.2, 0.25) is 0 Å². The van der Waals surface area contributed by atoms with E-state index in [2.05, 4.69) is 10.3 Å². The van der Waals surface area contributed by atoms with Crippen molar-refractivity contribution in [3.8, 4) is 5.75 Å². The zero-order valence-electron chi connectivity index (χ0n) is 10.2. The number of methoxy groups -OCH3 is 1. The lowest BCUT2D eigenvalue weighted by molar-refractivity contribution is 0.102. The Morgan fingerprint density at radius 3 is 2.79 bits per heavy atom. The molecule has 0 radical (unpaired) electrons. The third kappa shape index (κ3) is 2.98. The molecule has 0 spiro atoms. The van der Waals surface area contributed by atoms with Gasteiger partial charge in [-0.2, -0.15) is 0 Å². The molecule has 98 valence electrons. The maximum Gasteiger partial charge on any atom is 0.256 e. The average Bonchev–Trinajstić information content (AvgIpc) is 2.42. The Balaban J connectivity index is 2.18. The highest BCUT2D eigenvalue weighted by Crippen LogP contribution is 2.19. The maximum absolute atomic E-state index is 13.2. The molecule has 2 rings (SSSR count). The number of carbonyl (C=O) groups is 1. The molecule has 0 aliphatic carbocycles. The summed E-state index contributed by atoms with van der Waals surface area (Å²) in [7, 11) is 1.33. The minimum absolute atomic E-state index is 0.0120. The normalized spacial score (nSPS) is 10.0. The Morgan fingerprint density at radius 1 is 1.37 bits per heavy atom. The van der Waals surface area contributed by atoms with Crippen LogP contribution in [0.1, 0.15) is 10.4 Å². The van der Waals surface area contributed by atoms with Crippen molar-refractivity contribution < 1.29 is 13.9 Å². The van der Waals surface area contributed by atoms with Gasteiger partial charge in [0.15, 0.2) is 11.6 Å². The van der Waals surface area contributed by atoms with E-state index >= 15 is 0 Å². The standard InChI is InChI=1S/C13H12FN3O2/c1-19-11-6-8(2-4-10(11)14)13(18)17-12-5-3-9(15)7-16-12/h2-7H,15H2,1H3,(H,16,17,18). The molecule has 1 aromatic carbocycles. The number of ether oxygens (including phenoxy) is 1. The molecule has 0 saturated carbocycles. The first-order valence-electron chi connectivity index (χ1n) is 5.46. The molecule has 0 saturated heterocycles. The quantitative estimate of drug-likeness (QED) is 0.886. The molecule has 1 heterocycles. The van der Waals surface area contributed by atoms with Crippen molar-refractivity contribution in [1.82, 2.24) is 4.98 Å². The van der Waals surface area contributed by atoms with Crippen LogP contribution in [-0.4, -0.2) is 18.0 Å². The second kappa shape index (κ2) is 5.34. The molecule has 6 heteroatoms. The van der Waals surface area contributed by atoms with E-state index in [1.807, 2.05) is 0 Å². The van der Waals surface area contributed by atoms with E-state index in [-0.39, 0.29) is 11.3 Å². The van der Waals surface area contributed by atoms with Crippen LogP contribution in [0.4, 0.5) is 15.9 Å². The Hall–Kier alpha value is -2.63. The van der Waals surface area contributed by atoms with E-state index in [4.69, 9.17) is 10.5 Å². The summed E-state index contributed by atoms with van der Waals surface area (Å²) >= 11 is 0. The highest BCUT2D eigenvalue weighted by molar-refractivity contribution is 6.04. The number of anilines is 2. The lowest BCUT2D eigenvalue weighted by Gasteiger charge is -2.07. The van der Waals surface area contributed by atoms with Gasteiger partial charge in [-0.15, -0.1) is 0 Å². The zero-order chi connectivity index (χ0) is 13.8. The molecule has 0 atom stereocenters. The van der Waals surface area contributed by atoms with Gasteiger partial charge >= 0.3 is 0 Å². The van der Waals surface area contributed by atoms with Gasteiger partial charge in [-0.3, -0.25) is 4.79 Å². The van der Waals surface area contributed by atoms with Crippen LogP contribution in [0.5, 0.6) is 5.75 Å². The third-order valence-electron chi connectivity index (χ3n) is 2.44. The summed E-state index contributed by atoms with van der Waals surface area (Å²) in [6.07, 6.45) is 1.43. The number of nitrogen functional groups attached to an aromatic ring is 1. The van der Waals surface area contributed by atoms with Crippen LogP contribution in [0.15, 0.2) is 36.5 Å². The Kier molecular flexibility index (Phi) is 3.61.